The summed E-state index contributed by atoms with van der Waals surface area (Å²) >= 11 is 5.27. The van der Waals surface area contributed by atoms with Crippen LogP contribution in [0.1, 0.15) is 0 Å². The topological polar surface area (TPSA) is 71.5 Å². The summed E-state index contributed by atoms with van der Waals surface area (Å²) in [5.74, 6) is 0.667. The summed E-state index contributed by atoms with van der Waals surface area (Å²) in [6.45, 7) is 2.61. The minimum Gasteiger partial charge on any atom is -0.394 e. The second kappa shape index (κ2) is 12.2. The zero-order valence-electron chi connectivity index (χ0n) is 8.73. The first kappa shape index (κ1) is 15.1. The number of aliphatic hydroxyl groups excluding tert-OH is 2. The highest BCUT2D eigenvalue weighted by molar-refractivity contribution is 6.18. The standard InChI is InChI=1S/C6H14O4.C3H5ClO/c7-1-3-9-5-6-10-4-2-8;4-1-3-2-5-3/h7-8H,1-6H2;3H,1-2H2. The highest BCUT2D eigenvalue weighted by atomic mass is 35.5. The van der Waals surface area contributed by atoms with Gasteiger partial charge in [0.2, 0.25) is 0 Å². The largest absolute Gasteiger partial charge is 0.394 e. The highest BCUT2D eigenvalue weighted by Crippen LogP contribution is 2.08. The predicted molar refractivity (Wildman–Crippen MR) is 56.3 cm³/mol. The van der Waals surface area contributed by atoms with E-state index in [0.29, 0.717) is 38.4 Å². The molecule has 2 N–H and O–H groups in total. The van der Waals surface area contributed by atoms with Crippen molar-refractivity contribution in [3.63, 3.8) is 0 Å². The maximum absolute atomic E-state index is 8.26. The van der Waals surface area contributed by atoms with E-state index < -0.39 is 0 Å². The lowest BCUT2D eigenvalue weighted by molar-refractivity contribution is 0.0222. The van der Waals surface area contributed by atoms with Crippen molar-refractivity contribution in [2.45, 2.75) is 6.10 Å². The van der Waals surface area contributed by atoms with Gasteiger partial charge in [-0.2, -0.15) is 0 Å². The molecule has 0 saturated carbocycles. The average molecular weight is 243 g/mol. The Morgan fingerprint density at radius 2 is 1.53 bits per heavy atom. The maximum Gasteiger partial charge on any atom is 0.0944 e. The molecule has 0 bridgehead atoms. The fraction of sp³-hybridized carbons (Fsp3) is 1.00. The average Bonchev–Trinajstić information content (AvgIpc) is 3.08. The van der Waals surface area contributed by atoms with Crippen LogP contribution in [0.4, 0.5) is 0 Å². The smallest absolute Gasteiger partial charge is 0.0944 e. The molecule has 0 aromatic heterocycles. The van der Waals surface area contributed by atoms with E-state index in [0.717, 1.165) is 6.61 Å². The van der Waals surface area contributed by atoms with Crippen molar-refractivity contribution in [2.75, 3.05) is 52.1 Å². The minimum absolute atomic E-state index is 0.0417. The van der Waals surface area contributed by atoms with Crippen molar-refractivity contribution in [3.8, 4) is 0 Å². The van der Waals surface area contributed by atoms with Crippen LogP contribution in [-0.2, 0) is 14.2 Å². The van der Waals surface area contributed by atoms with Gasteiger partial charge in [-0.1, -0.05) is 0 Å². The molecule has 0 amide bonds. The van der Waals surface area contributed by atoms with Crippen LogP contribution in [0.5, 0.6) is 0 Å². The van der Waals surface area contributed by atoms with Gasteiger partial charge >= 0.3 is 0 Å². The third-order valence-corrected chi connectivity index (χ3v) is 1.76. The Labute approximate surface area is 94.9 Å². The van der Waals surface area contributed by atoms with E-state index >= 15 is 0 Å². The minimum atomic E-state index is 0.0417. The summed E-state index contributed by atoms with van der Waals surface area (Å²) in [7, 11) is 0. The third kappa shape index (κ3) is 14.1. The number of rotatable bonds is 8. The molecule has 6 heteroatoms. The highest BCUT2D eigenvalue weighted by Gasteiger charge is 2.19. The maximum atomic E-state index is 8.26. The normalized spacial score (nSPS) is 18.2. The molecule has 1 rings (SSSR count). The van der Waals surface area contributed by atoms with Crippen LogP contribution in [0.15, 0.2) is 0 Å². The molecule has 1 aliphatic heterocycles. The Hall–Kier alpha value is 0.0900. The molecule has 1 saturated heterocycles. The van der Waals surface area contributed by atoms with Crippen LogP contribution in [0.2, 0.25) is 0 Å². The summed E-state index contributed by atoms with van der Waals surface area (Å²) in [5, 5.41) is 16.5. The van der Waals surface area contributed by atoms with E-state index in [1.807, 2.05) is 0 Å². The monoisotopic (exact) mass is 242 g/mol. The van der Waals surface area contributed by atoms with Crippen molar-refractivity contribution < 1.29 is 24.4 Å². The molecule has 5 nitrogen and oxygen atoms in total. The summed E-state index contributed by atoms with van der Waals surface area (Å²) in [4.78, 5) is 0. The molecule has 1 atom stereocenters. The molecule has 15 heavy (non-hydrogen) atoms. The first-order valence-electron chi connectivity index (χ1n) is 4.90. The molecule has 0 aromatic rings. The van der Waals surface area contributed by atoms with Gasteiger partial charge in [-0.05, 0) is 0 Å². The molecule has 92 valence electrons. The Bertz CT molecular complexity index is 113. The zero-order chi connectivity index (χ0) is 11.4. The first-order chi connectivity index (χ1) is 7.35. The van der Waals surface area contributed by atoms with Crippen molar-refractivity contribution in [2.24, 2.45) is 0 Å². The van der Waals surface area contributed by atoms with Crippen molar-refractivity contribution in [1.82, 2.24) is 0 Å². The Kier molecular flexibility index (Phi) is 12.2. The molecule has 1 unspecified atom stereocenters. The molecule has 1 heterocycles. The van der Waals surface area contributed by atoms with Gasteiger partial charge in [-0.15, -0.1) is 11.6 Å². The first-order valence-corrected chi connectivity index (χ1v) is 5.43. The Balaban J connectivity index is 0.000000322. The fourth-order valence-corrected chi connectivity index (χ4v) is 0.786. The van der Waals surface area contributed by atoms with Crippen molar-refractivity contribution in [1.29, 1.82) is 0 Å². The second-order valence-corrected chi connectivity index (χ2v) is 3.09. The van der Waals surface area contributed by atoms with Gasteiger partial charge in [0.05, 0.1) is 58.2 Å². The van der Waals surface area contributed by atoms with E-state index in [1.54, 1.807) is 0 Å². The van der Waals surface area contributed by atoms with Gasteiger partial charge in [0.25, 0.3) is 0 Å². The Morgan fingerprint density at radius 3 is 1.73 bits per heavy atom. The van der Waals surface area contributed by atoms with E-state index in [9.17, 15) is 0 Å². The van der Waals surface area contributed by atoms with Gasteiger partial charge in [0.1, 0.15) is 0 Å². The fourth-order valence-electron chi connectivity index (χ4n) is 0.608. The van der Waals surface area contributed by atoms with Gasteiger partial charge in [0, 0.05) is 0 Å². The Morgan fingerprint density at radius 1 is 1.07 bits per heavy atom. The van der Waals surface area contributed by atoms with Crippen LogP contribution in [0, 0.1) is 0 Å². The van der Waals surface area contributed by atoms with Crippen LogP contribution in [0.3, 0.4) is 0 Å². The van der Waals surface area contributed by atoms with Crippen molar-refractivity contribution >= 4 is 11.6 Å². The lowest BCUT2D eigenvalue weighted by Crippen LogP contribution is -2.09. The molecule has 0 aliphatic carbocycles. The SMILES string of the molecule is ClCC1CO1.OCCOCCOCCO. The number of halogens is 1. The summed E-state index contributed by atoms with van der Waals surface area (Å²) in [6, 6.07) is 0. The van der Waals surface area contributed by atoms with Gasteiger partial charge in [-0.25, -0.2) is 0 Å². The lowest BCUT2D eigenvalue weighted by Gasteiger charge is -2.01. The van der Waals surface area contributed by atoms with Gasteiger partial charge < -0.3 is 24.4 Å². The zero-order valence-corrected chi connectivity index (χ0v) is 9.49. The molecule has 0 radical (unpaired) electrons. The summed E-state index contributed by atoms with van der Waals surface area (Å²) < 4.78 is 14.5. The third-order valence-electron chi connectivity index (χ3n) is 1.42. The second-order valence-electron chi connectivity index (χ2n) is 2.78. The number of aliphatic hydroxyl groups is 2. The molecule has 0 aromatic carbocycles. The summed E-state index contributed by atoms with van der Waals surface area (Å²) in [5.41, 5.74) is 0. The van der Waals surface area contributed by atoms with E-state index in [2.05, 4.69) is 0 Å². The lowest BCUT2D eigenvalue weighted by atomic mass is 10.6. The van der Waals surface area contributed by atoms with E-state index in [1.165, 1.54) is 0 Å². The van der Waals surface area contributed by atoms with Crippen LogP contribution >= 0.6 is 11.6 Å². The van der Waals surface area contributed by atoms with E-state index in [-0.39, 0.29) is 13.2 Å². The predicted octanol–water partition coefficient (Wildman–Crippen LogP) is -0.372. The van der Waals surface area contributed by atoms with Crippen LogP contribution in [0.25, 0.3) is 0 Å². The number of epoxide rings is 1. The van der Waals surface area contributed by atoms with Gasteiger partial charge in [-0.3, -0.25) is 0 Å². The number of hydrogen-bond donors (Lipinski definition) is 2. The number of alkyl halides is 1. The van der Waals surface area contributed by atoms with E-state index in [4.69, 9.17) is 36.0 Å². The van der Waals surface area contributed by atoms with Crippen molar-refractivity contribution in [3.05, 3.63) is 0 Å². The molecule has 1 aliphatic rings. The molecule has 0 spiro atoms. The molecular formula is C9H19ClO5. The molecule has 1 fully saturated rings. The quantitative estimate of drug-likeness (QED) is 0.345. The molecular weight excluding hydrogens is 224 g/mol. The van der Waals surface area contributed by atoms with Gasteiger partial charge in [0.15, 0.2) is 0 Å². The number of ether oxygens (including phenoxy) is 3. The van der Waals surface area contributed by atoms with Crippen LogP contribution < -0.4 is 0 Å². The summed E-state index contributed by atoms with van der Waals surface area (Å²) in [6.07, 6.45) is 0.400. The number of hydrogen-bond acceptors (Lipinski definition) is 5. The van der Waals surface area contributed by atoms with Crippen LogP contribution in [-0.4, -0.2) is 68.4 Å².